The van der Waals surface area contributed by atoms with Gasteiger partial charge in [-0.25, -0.2) is 4.39 Å². The van der Waals surface area contributed by atoms with Crippen LogP contribution < -0.4 is 11.1 Å². The predicted molar refractivity (Wildman–Crippen MR) is 69.8 cm³/mol. The second-order valence-corrected chi connectivity index (χ2v) is 5.28. The lowest BCUT2D eigenvalue weighted by atomic mass is 9.83. The molecular weight excluding hydrogens is 231 g/mol. The summed E-state index contributed by atoms with van der Waals surface area (Å²) in [5.74, 6) is -0.826. The average molecular weight is 250 g/mol. The van der Waals surface area contributed by atoms with Crippen LogP contribution in [0.25, 0.3) is 0 Å². The van der Waals surface area contributed by atoms with Crippen molar-refractivity contribution >= 4 is 11.6 Å². The number of anilines is 1. The number of rotatable bonds is 2. The van der Waals surface area contributed by atoms with Crippen molar-refractivity contribution in [2.75, 3.05) is 5.73 Å². The van der Waals surface area contributed by atoms with E-state index in [1.165, 1.54) is 18.6 Å². The van der Waals surface area contributed by atoms with Crippen LogP contribution in [0.2, 0.25) is 0 Å². The Labute approximate surface area is 107 Å². The fourth-order valence-corrected chi connectivity index (χ4v) is 2.53. The number of amides is 1. The number of nitrogens with one attached hydrogen (secondary N) is 1. The third-order valence-corrected chi connectivity index (χ3v) is 3.67. The summed E-state index contributed by atoms with van der Waals surface area (Å²) in [5.41, 5.74) is 5.56. The minimum absolute atomic E-state index is 0.0746. The van der Waals surface area contributed by atoms with Crippen LogP contribution >= 0.6 is 0 Å². The highest BCUT2D eigenvalue weighted by Gasteiger charge is 2.29. The van der Waals surface area contributed by atoms with Crippen molar-refractivity contribution in [2.45, 2.75) is 44.6 Å². The van der Waals surface area contributed by atoms with Gasteiger partial charge in [0.05, 0.1) is 11.3 Å². The monoisotopic (exact) mass is 250 g/mol. The SMILES string of the molecule is CC1(NC(=O)c2cccc(F)c2N)CCCCC1. The number of carbonyl (C=O) groups is 1. The summed E-state index contributed by atoms with van der Waals surface area (Å²) in [7, 11) is 0. The molecule has 0 aliphatic heterocycles. The second-order valence-electron chi connectivity index (χ2n) is 5.28. The van der Waals surface area contributed by atoms with Crippen molar-refractivity contribution in [1.82, 2.24) is 5.32 Å². The standard InChI is InChI=1S/C14H19FN2O/c1-14(8-3-2-4-9-14)17-13(18)10-6-5-7-11(15)12(10)16/h5-7H,2-4,8-9,16H2,1H3,(H,17,18). The number of benzene rings is 1. The number of halogens is 1. The predicted octanol–water partition coefficient (Wildman–Crippen LogP) is 2.86. The van der Waals surface area contributed by atoms with E-state index in [1.54, 1.807) is 6.07 Å². The fraction of sp³-hybridized carbons (Fsp3) is 0.500. The minimum atomic E-state index is -0.545. The third kappa shape index (κ3) is 2.63. The Morgan fingerprint density at radius 3 is 2.67 bits per heavy atom. The number of hydrogen-bond acceptors (Lipinski definition) is 2. The zero-order valence-electron chi connectivity index (χ0n) is 10.6. The molecule has 3 nitrogen and oxygen atoms in total. The zero-order chi connectivity index (χ0) is 13.2. The molecule has 3 N–H and O–H groups in total. The summed E-state index contributed by atoms with van der Waals surface area (Å²) < 4.78 is 13.3. The van der Waals surface area contributed by atoms with E-state index in [0.717, 1.165) is 25.7 Å². The van der Waals surface area contributed by atoms with Crippen LogP contribution in [0.4, 0.5) is 10.1 Å². The molecule has 1 fully saturated rings. The number of hydrogen-bond donors (Lipinski definition) is 2. The van der Waals surface area contributed by atoms with Gasteiger partial charge in [-0.15, -0.1) is 0 Å². The van der Waals surface area contributed by atoms with Crippen molar-refractivity contribution < 1.29 is 9.18 Å². The Morgan fingerprint density at radius 1 is 1.33 bits per heavy atom. The van der Waals surface area contributed by atoms with E-state index in [4.69, 9.17) is 5.73 Å². The van der Waals surface area contributed by atoms with Gasteiger partial charge in [-0.05, 0) is 31.9 Å². The molecule has 1 amide bonds. The maximum atomic E-state index is 13.3. The molecule has 0 aromatic heterocycles. The highest BCUT2D eigenvalue weighted by atomic mass is 19.1. The molecule has 4 heteroatoms. The molecule has 1 saturated carbocycles. The quantitative estimate of drug-likeness (QED) is 0.793. The number of para-hydroxylation sites is 1. The maximum Gasteiger partial charge on any atom is 0.253 e. The summed E-state index contributed by atoms with van der Waals surface area (Å²) >= 11 is 0. The third-order valence-electron chi connectivity index (χ3n) is 3.67. The Balaban J connectivity index is 2.14. The van der Waals surface area contributed by atoms with E-state index in [-0.39, 0.29) is 22.7 Å². The van der Waals surface area contributed by atoms with Crippen molar-refractivity contribution in [3.8, 4) is 0 Å². The number of nitrogens with two attached hydrogens (primary N) is 1. The van der Waals surface area contributed by atoms with Gasteiger partial charge in [0.1, 0.15) is 5.82 Å². The number of nitrogen functional groups attached to an aromatic ring is 1. The number of carbonyl (C=O) groups excluding carboxylic acids is 1. The average Bonchev–Trinajstić information content (AvgIpc) is 2.33. The van der Waals surface area contributed by atoms with Gasteiger partial charge in [-0.2, -0.15) is 0 Å². The van der Waals surface area contributed by atoms with Gasteiger partial charge in [-0.1, -0.05) is 25.3 Å². The molecule has 0 unspecified atom stereocenters. The van der Waals surface area contributed by atoms with E-state index < -0.39 is 5.82 Å². The highest BCUT2D eigenvalue weighted by Crippen LogP contribution is 2.28. The Hall–Kier alpha value is -1.58. The van der Waals surface area contributed by atoms with Crippen LogP contribution in [-0.4, -0.2) is 11.4 Å². The largest absolute Gasteiger partial charge is 0.396 e. The molecule has 0 spiro atoms. The van der Waals surface area contributed by atoms with Crippen LogP contribution in [0.3, 0.4) is 0 Å². The molecule has 0 bridgehead atoms. The molecule has 0 radical (unpaired) electrons. The Morgan fingerprint density at radius 2 is 2.00 bits per heavy atom. The minimum Gasteiger partial charge on any atom is -0.396 e. The van der Waals surface area contributed by atoms with Gasteiger partial charge < -0.3 is 11.1 Å². The van der Waals surface area contributed by atoms with Gasteiger partial charge in [0.15, 0.2) is 0 Å². The van der Waals surface area contributed by atoms with E-state index >= 15 is 0 Å². The Kier molecular flexibility index (Phi) is 3.55. The lowest BCUT2D eigenvalue weighted by Crippen LogP contribution is -2.47. The molecule has 0 atom stereocenters. The topological polar surface area (TPSA) is 55.1 Å². The molecular formula is C14H19FN2O. The first-order valence-electron chi connectivity index (χ1n) is 6.38. The second kappa shape index (κ2) is 4.96. The molecule has 1 aromatic rings. The van der Waals surface area contributed by atoms with Crippen LogP contribution in [0, 0.1) is 5.82 Å². The van der Waals surface area contributed by atoms with Gasteiger partial charge in [0, 0.05) is 5.54 Å². The van der Waals surface area contributed by atoms with Crippen molar-refractivity contribution in [1.29, 1.82) is 0 Å². The van der Waals surface area contributed by atoms with Crippen molar-refractivity contribution in [2.24, 2.45) is 0 Å². The first kappa shape index (κ1) is 12.9. The van der Waals surface area contributed by atoms with Crippen LogP contribution in [0.15, 0.2) is 18.2 Å². The summed E-state index contributed by atoms with van der Waals surface area (Å²) in [6, 6.07) is 4.32. The highest BCUT2D eigenvalue weighted by molar-refractivity contribution is 5.99. The Bertz CT molecular complexity index is 453. The summed E-state index contributed by atoms with van der Waals surface area (Å²) in [6.45, 7) is 2.04. The summed E-state index contributed by atoms with van der Waals surface area (Å²) in [6.07, 6.45) is 5.39. The smallest absolute Gasteiger partial charge is 0.253 e. The molecule has 1 aliphatic carbocycles. The molecule has 98 valence electrons. The van der Waals surface area contributed by atoms with Crippen LogP contribution in [0.1, 0.15) is 49.4 Å². The zero-order valence-corrected chi connectivity index (χ0v) is 10.6. The van der Waals surface area contributed by atoms with E-state index in [0.29, 0.717) is 0 Å². The lowest BCUT2D eigenvalue weighted by molar-refractivity contribution is 0.0883. The molecule has 0 heterocycles. The first-order valence-corrected chi connectivity index (χ1v) is 6.38. The molecule has 0 saturated heterocycles. The maximum absolute atomic E-state index is 13.3. The fourth-order valence-electron chi connectivity index (χ4n) is 2.53. The van der Waals surface area contributed by atoms with E-state index in [1.807, 2.05) is 6.92 Å². The van der Waals surface area contributed by atoms with Gasteiger partial charge in [0.2, 0.25) is 0 Å². The lowest BCUT2D eigenvalue weighted by Gasteiger charge is -2.34. The van der Waals surface area contributed by atoms with Crippen molar-refractivity contribution in [3.05, 3.63) is 29.6 Å². The van der Waals surface area contributed by atoms with Crippen LogP contribution in [-0.2, 0) is 0 Å². The molecule has 1 aliphatic rings. The normalized spacial score (nSPS) is 18.3. The molecule has 18 heavy (non-hydrogen) atoms. The molecule has 2 rings (SSSR count). The van der Waals surface area contributed by atoms with Crippen LogP contribution in [0.5, 0.6) is 0 Å². The summed E-state index contributed by atoms with van der Waals surface area (Å²) in [4.78, 5) is 12.1. The van der Waals surface area contributed by atoms with Gasteiger partial charge in [-0.3, -0.25) is 4.79 Å². The van der Waals surface area contributed by atoms with Gasteiger partial charge >= 0.3 is 0 Å². The van der Waals surface area contributed by atoms with Gasteiger partial charge in [0.25, 0.3) is 5.91 Å². The van der Waals surface area contributed by atoms with E-state index in [2.05, 4.69) is 5.32 Å². The molecule has 1 aromatic carbocycles. The summed E-state index contributed by atoms with van der Waals surface area (Å²) in [5, 5.41) is 2.99. The van der Waals surface area contributed by atoms with Crippen molar-refractivity contribution in [3.63, 3.8) is 0 Å². The van der Waals surface area contributed by atoms with E-state index in [9.17, 15) is 9.18 Å². The first-order chi connectivity index (χ1) is 8.52.